The van der Waals surface area contributed by atoms with E-state index < -0.39 is 0 Å². The second kappa shape index (κ2) is 5.84. The molecular weight excluding hydrogens is 302 g/mol. The Morgan fingerprint density at radius 1 is 1.53 bits per heavy atom. The Bertz CT molecular complexity index is 515. The van der Waals surface area contributed by atoms with Gasteiger partial charge in [0, 0.05) is 19.9 Å². The van der Waals surface area contributed by atoms with Crippen molar-refractivity contribution >= 4 is 33.3 Å². The Balaban J connectivity index is 2.33. The summed E-state index contributed by atoms with van der Waals surface area (Å²) < 4.78 is 8.04. The van der Waals surface area contributed by atoms with Gasteiger partial charge in [0.25, 0.3) is 0 Å². The van der Waals surface area contributed by atoms with Crippen molar-refractivity contribution < 1.29 is 4.74 Å². The van der Waals surface area contributed by atoms with Crippen molar-refractivity contribution in [3.05, 3.63) is 22.7 Å². The first-order chi connectivity index (χ1) is 8.26. The van der Waals surface area contributed by atoms with E-state index in [-0.39, 0.29) is 0 Å². The van der Waals surface area contributed by atoms with Gasteiger partial charge in [-0.1, -0.05) is 0 Å². The average Bonchev–Trinajstić information content (AvgIpc) is 2.71. The number of fused-ring (bicyclic) bond motifs is 1. The van der Waals surface area contributed by atoms with E-state index in [4.69, 9.17) is 4.74 Å². The number of rotatable bonds is 5. The van der Waals surface area contributed by atoms with Gasteiger partial charge in [-0.05, 0) is 35.0 Å². The molecule has 6 heteroatoms. The van der Waals surface area contributed by atoms with Gasteiger partial charge >= 0.3 is 0 Å². The molecule has 0 amide bonds. The summed E-state index contributed by atoms with van der Waals surface area (Å²) in [6.45, 7) is 0.763. The summed E-state index contributed by atoms with van der Waals surface area (Å²) in [6, 6.07) is 0. The minimum absolute atomic E-state index is 0.763. The number of hydrogen-bond donors (Lipinski definition) is 0. The maximum atomic E-state index is 5.05. The Morgan fingerprint density at radius 2 is 2.35 bits per heavy atom. The lowest BCUT2D eigenvalue weighted by Gasteiger charge is -2.06. The minimum atomic E-state index is 0.763. The SMILES string of the molecule is COCCCc1cn2c(Br)cnc2c(SC)n1. The third kappa shape index (κ3) is 2.81. The molecule has 0 atom stereocenters. The monoisotopic (exact) mass is 315 g/mol. The van der Waals surface area contributed by atoms with Crippen LogP contribution in [-0.2, 0) is 11.2 Å². The van der Waals surface area contributed by atoms with Crippen molar-refractivity contribution in [1.82, 2.24) is 14.4 Å². The molecule has 0 saturated heterocycles. The predicted molar refractivity (Wildman–Crippen MR) is 72.7 cm³/mol. The quantitative estimate of drug-likeness (QED) is 0.628. The molecule has 92 valence electrons. The summed E-state index contributed by atoms with van der Waals surface area (Å²) in [5.41, 5.74) is 1.97. The summed E-state index contributed by atoms with van der Waals surface area (Å²) >= 11 is 5.10. The maximum Gasteiger partial charge on any atom is 0.170 e. The standard InChI is InChI=1S/C11H14BrN3OS/c1-16-5-3-4-8-7-15-9(12)6-13-10(15)11(14-8)17-2/h6-7H,3-5H2,1-2H3. The van der Waals surface area contributed by atoms with E-state index in [1.54, 1.807) is 25.1 Å². The second-order valence-corrected chi connectivity index (χ2v) is 5.22. The normalized spacial score (nSPS) is 11.2. The molecule has 0 aliphatic carbocycles. The zero-order valence-corrected chi connectivity index (χ0v) is 12.2. The molecule has 0 radical (unpaired) electrons. The van der Waals surface area contributed by atoms with Gasteiger partial charge in [-0.15, -0.1) is 11.8 Å². The van der Waals surface area contributed by atoms with Crippen LogP contribution in [0.15, 0.2) is 22.0 Å². The van der Waals surface area contributed by atoms with Crippen LogP contribution in [0.1, 0.15) is 12.1 Å². The second-order valence-electron chi connectivity index (χ2n) is 3.61. The highest BCUT2D eigenvalue weighted by Crippen LogP contribution is 2.22. The van der Waals surface area contributed by atoms with Crippen LogP contribution in [0.5, 0.6) is 0 Å². The van der Waals surface area contributed by atoms with Crippen LogP contribution >= 0.6 is 27.7 Å². The van der Waals surface area contributed by atoms with Crippen LogP contribution in [0, 0.1) is 0 Å². The van der Waals surface area contributed by atoms with Crippen LogP contribution < -0.4 is 0 Å². The highest BCUT2D eigenvalue weighted by atomic mass is 79.9. The van der Waals surface area contributed by atoms with Crippen molar-refractivity contribution in [3.63, 3.8) is 0 Å². The Kier molecular flexibility index (Phi) is 4.42. The molecule has 0 unspecified atom stereocenters. The fourth-order valence-electron chi connectivity index (χ4n) is 1.63. The zero-order valence-electron chi connectivity index (χ0n) is 9.81. The zero-order chi connectivity index (χ0) is 12.3. The summed E-state index contributed by atoms with van der Waals surface area (Å²) in [5.74, 6) is 0. The van der Waals surface area contributed by atoms with Gasteiger partial charge in [-0.2, -0.15) is 0 Å². The van der Waals surface area contributed by atoms with Crippen LogP contribution in [0.25, 0.3) is 5.65 Å². The molecular formula is C11H14BrN3OS. The Hall–Kier alpha value is -0.590. The molecule has 0 aromatic carbocycles. The molecule has 2 rings (SSSR count). The molecule has 0 aliphatic heterocycles. The highest BCUT2D eigenvalue weighted by molar-refractivity contribution is 9.10. The molecule has 0 N–H and O–H groups in total. The van der Waals surface area contributed by atoms with Crippen molar-refractivity contribution in [3.8, 4) is 0 Å². The topological polar surface area (TPSA) is 39.4 Å². The lowest BCUT2D eigenvalue weighted by atomic mass is 10.2. The molecule has 2 aromatic heterocycles. The van der Waals surface area contributed by atoms with E-state index in [1.165, 1.54) is 0 Å². The fraction of sp³-hybridized carbons (Fsp3) is 0.455. The van der Waals surface area contributed by atoms with Gasteiger partial charge < -0.3 is 4.74 Å². The first-order valence-corrected chi connectivity index (χ1v) is 7.33. The molecule has 0 spiro atoms. The van der Waals surface area contributed by atoms with Crippen molar-refractivity contribution in [1.29, 1.82) is 0 Å². The number of methoxy groups -OCH3 is 1. The third-order valence-corrected chi connectivity index (χ3v) is 3.69. The number of imidazole rings is 1. The van der Waals surface area contributed by atoms with Gasteiger partial charge in [0.15, 0.2) is 5.65 Å². The van der Waals surface area contributed by atoms with Gasteiger partial charge in [0.2, 0.25) is 0 Å². The van der Waals surface area contributed by atoms with E-state index in [0.29, 0.717) is 0 Å². The minimum Gasteiger partial charge on any atom is -0.385 e. The average molecular weight is 316 g/mol. The lowest BCUT2D eigenvalue weighted by molar-refractivity contribution is 0.195. The molecule has 4 nitrogen and oxygen atoms in total. The van der Waals surface area contributed by atoms with Gasteiger partial charge in [0.1, 0.15) is 9.63 Å². The Morgan fingerprint density at radius 3 is 3.06 bits per heavy atom. The Labute approximate surface area is 113 Å². The van der Waals surface area contributed by atoms with Crippen LogP contribution in [0.2, 0.25) is 0 Å². The molecule has 0 bridgehead atoms. The fourth-order valence-corrected chi connectivity index (χ4v) is 2.55. The number of aromatic nitrogens is 3. The van der Waals surface area contributed by atoms with Crippen molar-refractivity contribution in [2.24, 2.45) is 0 Å². The summed E-state index contributed by atoms with van der Waals surface area (Å²) in [7, 11) is 1.72. The van der Waals surface area contributed by atoms with Crippen molar-refractivity contribution in [2.75, 3.05) is 20.0 Å². The van der Waals surface area contributed by atoms with Crippen LogP contribution in [0.3, 0.4) is 0 Å². The van der Waals surface area contributed by atoms with Crippen LogP contribution in [-0.4, -0.2) is 34.3 Å². The number of hydrogen-bond acceptors (Lipinski definition) is 4. The van der Waals surface area contributed by atoms with E-state index in [2.05, 4.69) is 25.9 Å². The van der Waals surface area contributed by atoms with Crippen molar-refractivity contribution in [2.45, 2.75) is 17.9 Å². The lowest BCUT2D eigenvalue weighted by Crippen LogP contribution is -2.00. The first kappa shape index (κ1) is 12.9. The number of aryl methyl sites for hydroxylation is 1. The molecule has 0 saturated carbocycles. The smallest absolute Gasteiger partial charge is 0.170 e. The molecule has 0 aliphatic rings. The van der Waals surface area contributed by atoms with E-state index >= 15 is 0 Å². The molecule has 2 aromatic rings. The van der Waals surface area contributed by atoms with E-state index in [1.807, 2.05) is 16.9 Å². The molecule has 0 fully saturated rings. The highest BCUT2D eigenvalue weighted by Gasteiger charge is 2.09. The number of thioether (sulfide) groups is 1. The molecule has 2 heterocycles. The summed E-state index contributed by atoms with van der Waals surface area (Å²) in [5, 5.41) is 0.964. The van der Waals surface area contributed by atoms with Gasteiger partial charge in [-0.25, -0.2) is 9.97 Å². The van der Waals surface area contributed by atoms with E-state index in [0.717, 1.165) is 40.4 Å². The van der Waals surface area contributed by atoms with Crippen LogP contribution in [0.4, 0.5) is 0 Å². The van der Waals surface area contributed by atoms with Gasteiger partial charge in [-0.3, -0.25) is 4.40 Å². The predicted octanol–water partition coefficient (Wildman–Crippen LogP) is 2.79. The summed E-state index contributed by atoms with van der Waals surface area (Å²) in [4.78, 5) is 8.94. The maximum absolute atomic E-state index is 5.05. The summed E-state index contributed by atoms with van der Waals surface area (Å²) in [6.07, 6.45) is 7.75. The first-order valence-electron chi connectivity index (χ1n) is 5.31. The molecule has 17 heavy (non-hydrogen) atoms. The third-order valence-electron chi connectivity index (χ3n) is 2.44. The van der Waals surface area contributed by atoms with E-state index in [9.17, 15) is 0 Å². The number of ether oxygens (including phenoxy) is 1. The largest absolute Gasteiger partial charge is 0.385 e. The number of nitrogens with zero attached hydrogens (tertiary/aromatic N) is 3. The number of halogens is 1. The van der Waals surface area contributed by atoms with Gasteiger partial charge in [0.05, 0.1) is 11.9 Å².